The molecule has 2 rings (SSSR count). The summed E-state index contributed by atoms with van der Waals surface area (Å²) in [5.41, 5.74) is -1.03. The molecule has 0 heterocycles. The number of carbonyl (C=O) groups excluding carboxylic acids is 6. The van der Waals surface area contributed by atoms with E-state index in [0.717, 1.165) is 0 Å². The molecule has 0 atom stereocenters. The van der Waals surface area contributed by atoms with E-state index >= 15 is 0 Å². The van der Waals surface area contributed by atoms with Gasteiger partial charge in [0, 0.05) is 22.3 Å². The van der Waals surface area contributed by atoms with E-state index in [0.29, 0.717) is 0 Å². The first kappa shape index (κ1) is 30.7. The Kier molecular flexibility index (Phi) is 12.3. The molecule has 0 bridgehead atoms. The van der Waals surface area contributed by atoms with E-state index < -0.39 is 35.8 Å². The number of rotatable bonds is 6. The van der Waals surface area contributed by atoms with E-state index in [1.165, 1.54) is 62.4 Å². The molecule has 0 unspecified atom stereocenters. The third kappa shape index (κ3) is 9.20. The van der Waals surface area contributed by atoms with Gasteiger partial charge in [0.1, 0.15) is 0 Å². The minimum Gasteiger partial charge on any atom is -0.545 e. The number of carbonyl (C=O) groups is 6. The van der Waals surface area contributed by atoms with Crippen molar-refractivity contribution in [3.8, 4) is 0 Å². The van der Waals surface area contributed by atoms with Gasteiger partial charge in [-0.3, -0.25) is 0 Å². The second kappa shape index (κ2) is 14.0. The monoisotopic (exact) mass is 529 g/mol. The Morgan fingerprint density at radius 1 is 0.600 bits per heavy atom. The zero-order chi connectivity index (χ0) is 26.0. The van der Waals surface area contributed by atoms with Gasteiger partial charge in [-0.25, -0.2) is 19.2 Å². The van der Waals surface area contributed by atoms with Crippen molar-refractivity contribution < 1.29 is 65.5 Å². The first-order valence-electron chi connectivity index (χ1n) is 9.31. The Bertz CT molecular complexity index is 1100. The van der Waals surface area contributed by atoms with Gasteiger partial charge in [-0.1, -0.05) is 49.6 Å². The van der Waals surface area contributed by atoms with Gasteiger partial charge in [0.15, 0.2) is 0 Å². The van der Waals surface area contributed by atoms with Crippen LogP contribution in [0.1, 0.15) is 55.3 Å². The number of aromatic carboxylic acids is 2. The van der Waals surface area contributed by atoms with Crippen LogP contribution in [0, 0.1) is 0 Å². The summed E-state index contributed by atoms with van der Waals surface area (Å²) < 4.78 is 8.84. The molecule has 2 aromatic carbocycles. The van der Waals surface area contributed by atoms with Gasteiger partial charge in [0.05, 0.1) is 23.1 Å². The normalized spacial score (nSPS) is 9.20. The van der Waals surface area contributed by atoms with Gasteiger partial charge in [-0.2, -0.15) is 0 Å². The molecule has 0 spiro atoms. The van der Waals surface area contributed by atoms with Crippen LogP contribution in [0.15, 0.2) is 72.8 Å². The molecule has 10 nitrogen and oxygen atoms in total. The van der Waals surface area contributed by atoms with Crippen molar-refractivity contribution in [3.63, 3.8) is 0 Å². The van der Waals surface area contributed by atoms with Crippen LogP contribution in [0.25, 0.3) is 0 Å². The molecule has 0 aliphatic carbocycles. The maximum atomic E-state index is 11.5. The van der Waals surface area contributed by atoms with E-state index in [4.69, 9.17) is 0 Å². The second-order valence-corrected chi connectivity index (χ2v) is 6.58. The van der Waals surface area contributed by atoms with E-state index in [2.05, 4.69) is 22.6 Å². The van der Waals surface area contributed by atoms with Crippen molar-refractivity contribution in [2.24, 2.45) is 0 Å². The van der Waals surface area contributed by atoms with Crippen molar-refractivity contribution in [1.82, 2.24) is 0 Å². The van der Waals surface area contributed by atoms with Crippen LogP contribution in [0.2, 0.25) is 0 Å². The standard InChI is InChI=1S/2C12H10O5.Cu/c2*1-7(2)11(15)17-12(16)9-6-4-3-5-8(9)10(13)14;/h2*3-6H,1H2,2H3,(H,13,14);/q;;+2/p-2. The summed E-state index contributed by atoms with van der Waals surface area (Å²) in [5.74, 6) is -6.91. The van der Waals surface area contributed by atoms with Crippen LogP contribution in [0.4, 0.5) is 0 Å². The molecular formula is C24H18CuO10. The van der Waals surface area contributed by atoms with Crippen molar-refractivity contribution in [1.29, 1.82) is 0 Å². The summed E-state index contributed by atoms with van der Waals surface area (Å²) in [6.07, 6.45) is 0. The maximum Gasteiger partial charge on any atom is 2.00 e. The van der Waals surface area contributed by atoms with E-state index in [1.807, 2.05) is 0 Å². The zero-order valence-corrected chi connectivity index (χ0v) is 19.4. The molecule has 1 radical (unpaired) electrons. The van der Waals surface area contributed by atoms with Crippen LogP contribution in [0.5, 0.6) is 0 Å². The zero-order valence-electron chi connectivity index (χ0n) is 18.4. The number of benzene rings is 2. The number of ether oxygens (including phenoxy) is 2. The fraction of sp³-hybridized carbons (Fsp3) is 0.0833. The first-order chi connectivity index (χ1) is 15.9. The average molecular weight is 530 g/mol. The summed E-state index contributed by atoms with van der Waals surface area (Å²) in [4.78, 5) is 66.7. The number of esters is 4. The van der Waals surface area contributed by atoms with E-state index in [9.17, 15) is 39.0 Å². The van der Waals surface area contributed by atoms with Gasteiger partial charge < -0.3 is 29.3 Å². The van der Waals surface area contributed by atoms with Crippen molar-refractivity contribution in [2.75, 3.05) is 0 Å². The Labute approximate surface area is 210 Å². The van der Waals surface area contributed by atoms with Crippen LogP contribution >= 0.6 is 0 Å². The molecule has 11 heteroatoms. The molecule has 0 aliphatic heterocycles. The topological polar surface area (TPSA) is 167 Å². The molecule has 0 saturated carbocycles. The Morgan fingerprint density at radius 3 is 1.09 bits per heavy atom. The third-order valence-corrected chi connectivity index (χ3v) is 3.80. The van der Waals surface area contributed by atoms with E-state index in [-0.39, 0.29) is 50.5 Å². The predicted molar refractivity (Wildman–Crippen MR) is 112 cm³/mol. The van der Waals surface area contributed by atoms with Crippen molar-refractivity contribution >= 4 is 35.8 Å². The molecule has 0 N–H and O–H groups in total. The minimum absolute atomic E-state index is 0. The molecule has 185 valence electrons. The number of carboxylic acids is 2. The van der Waals surface area contributed by atoms with Gasteiger partial charge in [0.25, 0.3) is 0 Å². The fourth-order valence-electron chi connectivity index (χ4n) is 2.13. The molecule has 0 saturated heterocycles. The van der Waals surface area contributed by atoms with Crippen LogP contribution in [-0.2, 0) is 36.1 Å². The largest absolute Gasteiger partial charge is 2.00 e. The summed E-state index contributed by atoms with van der Waals surface area (Å²) >= 11 is 0. The summed E-state index contributed by atoms with van der Waals surface area (Å²) in [7, 11) is 0. The second-order valence-electron chi connectivity index (χ2n) is 6.58. The van der Waals surface area contributed by atoms with Crippen LogP contribution in [0.3, 0.4) is 0 Å². The fourth-order valence-corrected chi connectivity index (χ4v) is 2.13. The summed E-state index contributed by atoms with van der Waals surface area (Å²) in [6, 6.07) is 10.6. The van der Waals surface area contributed by atoms with Gasteiger partial charge >= 0.3 is 40.9 Å². The quantitative estimate of drug-likeness (QED) is 0.224. The Morgan fingerprint density at radius 2 is 0.857 bits per heavy atom. The molecule has 0 aromatic heterocycles. The molecular weight excluding hydrogens is 512 g/mol. The molecule has 2 aromatic rings. The minimum atomic E-state index is -1.51. The number of hydrogen-bond acceptors (Lipinski definition) is 10. The Hall–Kier alpha value is -4.34. The van der Waals surface area contributed by atoms with Crippen molar-refractivity contribution in [2.45, 2.75) is 13.8 Å². The summed E-state index contributed by atoms with van der Waals surface area (Å²) in [5, 5.41) is 21.4. The number of hydrogen-bond donors (Lipinski definition) is 0. The molecule has 0 amide bonds. The smallest absolute Gasteiger partial charge is 0.545 e. The summed E-state index contributed by atoms with van der Waals surface area (Å²) in [6.45, 7) is 9.36. The first-order valence-corrected chi connectivity index (χ1v) is 9.31. The molecule has 0 fully saturated rings. The molecule has 0 aliphatic rings. The van der Waals surface area contributed by atoms with Gasteiger partial charge in [-0.15, -0.1) is 0 Å². The maximum absolute atomic E-state index is 11.5. The van der Waals surface area contributed by atoms with E-state index in [1.54, 1.807) is 0 Å². The van der Waals surface area contributed by atoms with Crippen LogP contribution < -0.4 is 10.2 Å². The van der Waals surface area contributed by atoms with Crippen LogP contribution in [-0.4, -0.2) is 35.8 Å². The third-order valence-electron chi connectivity index (χ3n) is 3.80. The van der Waals surface area contributed by atoms with Gasteiger partial charge in [0.2, 0.25) is 0 Å². The number of carboxylic acid groups (broad SMARTS) is 2. The SMILES string of the molecule is C=C(C)C(=O)OC(=O)c1ccccc1C(=O)[O-].C=C(C)C(=O)OC(=O)c1ccccc1C(=O)[O-].[Cu+2]. The Balaban J connectivity index is 0.000000642. The average Bonchev–Trinajstić information content (AvgIpc) is 2.79. The van der Waals surface area contributed by atoms with Gasteiger partial charge in [-0.05, 0) is 26.0 Å². The molecule has 35 heavy (non-hydrogen) atoms. The predicted octanol–water partition coefficient (Wildman–Crippen LogP) is 0.617. The van der Waals surface area contributed by atoms with Crippen molar-refractivity contribution in [3.05, 3.63) is 95.1 Å².